The molecule has 0 saturated heterocycles. The fourth-order valence-electron chi connectivity index (χ4n) is 4.51. The molecule has 7 heteroatoms. The van der Waals surface area contributed by atoms with Gasteiger partial charge in [-0.05, 0) is 60.2 Å². The van der Waals surface area contributed by atoms with E-state index < -0.39 is 0 Å². The number of carbonyl (C=O) groups excluding carboxylic acids is 2. The van der Waals surface area contributed by atoms with Crippen LogP contribution in [0.3, 0.4) is 0 Å². The Morgan fingerprint density at radius 2 is 2.03 bits per heavy atom. The number of nitrogens with one attached hydrogen (secondary N) is 2. The van der Waals surface area contributed by atoms with Crippen molar-refractivity contribution in [3.8, 4) is 11.5 Å². The first kappa shape index (κ1) is 20.1. The summed E-state index contributed by atoms with van der Waals surface area (Å²) in [4.78, 5) is 28.9. The Kier molecular flexibility index (Phi) is 5.01. The highest BCUT2D eigenvalue weighted by atomic mass is 16.5. The second kappa shape index (κ2) is 8.00. The van der Waals surface area contributed by atoms with E-state index in [1.54, 1.807) is 12.3 Å². The molecule has 2 atom stereocenters. The number of pyridine rings is 1. The summed E-state index contributed by atoms with van der Waals surface area (Å²) in [6.07, 6.45) is 3.31. The summed E-state index contributed by atoms with van der Waals surface area (Å²) in [5.74, 6) is 1.75. The van der Waals surface area contributed by atoms with Gasteiger partial charge in [-0.15, -0.1) is 0 Å². The standard InChI is InChI=1S/C25H24N4O3/c1-14-18-13-16(32-22-10-11-27-24-17(22)8-9-23(30)29-24)7-6-15(18)12-19(14)25(31)28-21-5-3-2-4-20(21)26/h2-7,10-11,13-14,19H,8-9,12,26H2,1H3,(H,28,31)(H,27,29,30). The second-order valence-corrected chi connectivity index (χ2v) is 8.32. The van der Waals surface area contributed by atoms with Gasteiger partial charge in [-0.2, -0.15) is 0 Å². The summed E-state index contributed by atoms with van der Waals surface area (Å²) in [6.45, 7) is 2.07. The Morgan fingerprint density at radius 1 is 1.19 bits per heavy atom. The van der Waals surface area contributed by atoms with E-state index in [2.05, 4.69) is 22.5 Å². The molecule has 1 aliphatic carbocycles. The van der Waals surface area contributed by atoms with E-state index in [4.69, 9.17) is 10.5 Å². The lowest BCUT2D eigenvalue weighted by atomic mass is 9.93. The summed E-state index contributed by atoms with van der Waals surface area (Å²) in [7, 11) is 0. The van der Waals surface area contributed by atoms with Crippen LogP contribution < -0.4 is 21.1 Å². The van der Waals surface area contributed by atoms with Crippen LogP contribution in [0.5, 0.6) is 11.5 Å². The average molecular weight is 428 g/mol. The Labute approximate surface area is 186 Å². The zero-order valence-electron chi connectivity index (χ0n) is 17.7. The number of hydrogen-bond acceptors (Lipinski definition) is 5. The van der Waals surface area contributed by atoms with Gasteiger partial charge >= 0.3 is 0 Å². The van der Waals surface area contributed by atoms with Gasteiger partial charge in [-0.3, -0.25) is 9.59 Å². The smallest absolute Gasteiger partial charge is 0.228 e. The van der Waals surface area contributed by atoms with Crippen molar-refractivity contribution in [2.45, 2.75) is 32.1 Å². The predicted octanol–water partition coefficient (Wildman–Crippen LogP) is 4.26. The second-order valence-electron chi connectivity index (χ2n) is 8.32. The third kappa shape index (κ3) is 3.66. The number of nitrogens with two attached hydrogens (primary N) is 1. The van der Waals surface area contributed by atoms with E-state index in [1.807, 2.05) is 42.5 Å². The van der Waals surface area contributed by atoms with Gasteiger partial charge in [0, 0.05) is 24.1 Å². The molecule has 5 rings (SSSR count). The van der Waals surface area contributed by atoms with Crippen molar-refractivity contribution < 1.29 is 14.3 Å². The number of amides is 2. The van der Waals surface area contributed by atoms with Gasteiger partial charge in [0.15, 0.2) is 0 Å². The molecule has 2 aromatic carbocycles. The van der Waals surface area contributed by atoms with Crippen LogP contribution in [0.4, 0.5) is 17.2 Å². The molecule has 162 valence electrons. The summed E-state index contributed by atoms with van der Waals surface area (Å²) < 4.78 is 6.18. The molecule has 0 saturated carbocycles. The molecule has 1 aliphatic heterocycles. The molecule has 0 bridgehead atoms. The number of carbonyl (C=O) groups is 2. The Bertz CT molecular complexity index is 1220. The van der Waals surface area contributed by atoms with E-state index in [9.17, 15) is 9.59 Å². The van der Waals surface area contributed by atoms with Crippen LogP contribution in [0.2, 0.25) is 0 Å². The van der Waals surface area contributed by atoms with E-state index in [-0.39, 0.29) is 23.7 Å². The number of nitrogen functional groups attached to an aromatic ring is 1. The minimum atomic E-state index is -0.177. The highest BCUT2D eigenvalue weighted by molar-refractivity contribution is 5.96. The lowest BCUT2D eigenvalue weighted by Crippen LogP contribution is -2.25. The van der Waals surface area contributed by atoms with Gasteiger partial charge in [-0.1, -0.05) is 25.1 Å². The SMILES string of the molecule is CC1c2cc(Oc3ccnc4c3CCC(=O)N4)ccc2CC1C(=O)Nc1ccccc1N. The van der Waals surface area contributed by atoms with Crippen molar-refractivity contribution in [2.75, 3.05) is 16.4 Å². The average Bonchev–Trinajstić information content (AvgIpc) is 3.11. The van der Waals surface area contributed by atoms with Crippen LogP contribution in [-0.4, -0.2) is 16.8 Å². The molecule has 2 amide bonds. The minimum absolute atomic E-state index is 0.0323. The van der Waals surface area contributed by atoms with Crippen molar-refractivity contribution >= 4 is 29.0 Å². The number of fused-ring (bicyclic) bond motifs is 2. The van der Waals surface area contributed by atoms with Crippen molar-refractivity contribution in [1.82, 2.24) is 4.98 Å². The fraction of sp³-hybridized carbons (Fsp3) is 0.240. The van der Waals surface area contributed by atoms with Crippen LogP contribution in [0, 0.1) is 5.92 Å². The molecular weight excluding hydrogens is 404 g/mol. The number of aromatic nitrogens is 1. The molecule has 4 N–H and O–H groups in total. The number of ether oxygens (including phenoxy) is 1. The number of hydrogen-bond donors (Lipinski definition) is 3. The van der Waals surface area contributed by atoms with E-state index >= 15 is 0 Å². The maximum absolute atomic E-state index is 13.0. The molecule has 2 heterocycles. The van der Waals surface area contributed by atoms with E-state index in [0.717, 1.165) is 16.7 Å². The normalized spacial score (nSPS) is 19.0. The summed E-state index contributed by atoms with van der Waals surface area (Å²) >= 11 is 0. The molecule has 2 unspecified atom stereocenters. The third-order valence-electron chi connectivity index (χ3n) is 6.31. The lowest BCUT2D eigenvalue weighted by Gasteiger charge is -2.19. The molecule has 0 radical (unpaired) electrons. The van der Waals surface area contributed by atoms with Crippen LogP contribution in [-0.2, 0) is 22.4 Å². The minimum Gasteiger partial charge on any atom is -0.457 e. The van der Waals surface area contributed by atoms with Gasteiger partial charge in [0.2, 0.25) is 11.8 Å². The largest absolute Gasteiger partial charge is 0.457 e. The van der Waals surface area contributed by atoms with Gasteiger partial charge in [-0.25, -0.2) is 4.98 Å². The highest BCUT2D eigenvalue weighted by Gasteiger charge is 2.35. The van der Waals surface area contributed by atoms with E-state index in [0.29, 0.717) is 48.0 Å². The first-order valence-corrected chi connectivity index (χ1v) is 10.7. The van der Waals surface area contributed by atoms with Crippen molar-refractivity contribution in [2.24, 2.45) is 5.92 Å². The fourth-order valence-corrected chi connectivity index (χ4v) is 4.51. The summed E-state index contributed by atoms with van der Waals surface area (Å²) in [5.41, 5.74) is 10.3. The predicted molar refractivity (Wildman–Crippen MR) is 123 cm³/mol. The molecule has 2 aliphatic rings. The molecular formula is C25H24N4O3. The Hall–Kier alpha value is -3.87. The van der Waals surface area contributed by atoms with Crippen LogP contribution >= 0.6 is 0 Å². The zero-order chi connectivity index (χ0) is 22.2. The van der Waals surface area contributed by atoms with Crippen molar-refractivity contribution in [3.05, 3.63) is 71.4 Å². The number of benzene rings is 2. The van der Waals surface area contributed by atoms with Crippen molar-refractivity contribution in [1.29, 1.82) is 0 Å². The lowest BCUT2D eigenvalue weighted by molar-refractivity contribution is -0.120. The van der Waals surface area contributed by atoms with Crippen LogP contribution in [0.1, 0.15) is 36.0 Å². The molecule has 0 spiro atoms. The van der Waals surface area contributed by atoms with Crippen molar-refractivity contribution in [3.63, 3.8) is 0 Å². The quantitative estimate of drug-likeness (QED) is 0.539. The topological polar surface area (TPSA) is 106 Å². The Balaban J connectivity index is 1.35. The number of rotatable bonds is 4. The summed E-state index contributed by atoms with van der Waals surface area (Å²) in [6, 6.07) is 15.1. The number of para-hydroxylation sites is 2. The van der Waals surface area contributed by atoms with Gasteiger partial charge in [0.05, 0.1) is 11.4 Å². The zero-order valence-corrected chi connectivity index (χ0v) is 17.7. The monoisotopic (exact) mass is 428 g/mol. The first-order valence-electron chi connectivity index (χ1n) is 10.7. The first-order chi connectivity index (χ1) is 15.5. The van der Waals surface area contributed by atoms with Crippen LogP contribution in [0.25, 0.3) is 0 Å². The Morgan fingerprint density at radius 3 is 2.88 bits per heavy atom. The summed E-state index contributed by atoms with van der Waals surface area (Å²) in [5, 5.41) is 5.77. The molecule has 3 aromatic rings. The highest BCUT2D eigenvalue weighted by Crippen LogP contribution is 2.41. The maximum Gasteiger partial charge on any atom is 0.228 e. The number of nitrogens with zero attached hydrogens (tertiary/aromatic N) is 1. The molecule has 0 fully saturated rings. The molecule has 7 nitrogen and oxygen atoms in total. The van der Waals surface area contributed by atoms with Gasteiger partial charge < -0.3 is 21.1 Å². The number of anilines is 3. The molecule has 1 aromatic heterocycles. The third-order valence-corrected chi connectivity index (χ3v) is 6.31. The van der Waals surface area contributed by atoms with Crippen LogP contribution in [0.15, 0.2) is 54.7 Å². The van der Waals surface area contributed by atoms with E-state index in [1.165, 1.54) is 0 Å². The molecule has 32 heavy (non-hydrogen) atoms. The maximum atomic E-state index is 13.0. The van der Waals surface area contributed by atoms with Gasteiger partial charge in [0.25, 0.3) is 0 Å². The van der Waals surface area contributed by atoms with Gasteiger partial charge in [0.1, 0.15) is 17.3 Å².